The van der Waals surface area contributed by atoms with Crippen LogP contribution in [0.3, 0.4) is 0 Å². The van der Waals surface area contributed by atoms with Gasteiger partial charge in [-0.25, -0.2) is 0 Å². The summed E-state index contributed by atoms with van der Waals surface area (Å²) < 4.78 is 39.7. The van der Waals surface area contributed by atoms with E-state index in [9.17, 15) is 13.2 Å². The van der Waals surface area contributed by atoms with Gasteiger partial charge in [0.2, 0.25) is 0 Å². The van der Waals surface area contributed by atoms with E-state index in [0.29, 0.717) is 5.56 Å². The van der Waals surface area contributed by atoms with E-state index in [2.05, 4.69) is 9.72 Å². The molecule has 1 aromatic rings. The number of halogens is 3. The minimum Gasteiger partial charge on any atom is -0.405 e. The van der Waals surface area contributed by atoms with Crippen LogP contribution in [0.4, 0.5) is 13.2 Å². The Morgan fingerprint density at radius 3 is 2.57 bits per heavy atom. The number of hydrogen-bond acceptors (Lipinski definition) is 3. The summed E-state index contributed by atoms with van der Waals surface area (Å²) in [6.45, 7) is 1.44. The number of nitrogens with zero attached hydrogens (tertiary/aromatic N) is 1. The number of alkyl halides is 3. The van der Waals surface area contributed by atoms with Crippen molar-refractivity contribution in [2.24, 2.45) is 5.73 Å². The van der Waals surface area contributed by atoms with Gasteiger partial charge in [-0.05, 0) is 6.92 Å². The lowest BCUT2D eigenvalue weighted by molar-refractivity contribution is -0.275. The molecule has 0 bridgehead atoms. The molecule has 0 saturated carbocycles. The average Bonchev–Trinajstić information content (AvgIpc) is 2.06. The van der Waals surface area contributed by atoms with E-state index < -0.39 is 6.36 Å². The zero-order chi connectivity index (χ0) is 10.8. The summed E-state index contributed by atoms with van der Waals surface area (Å²) in [6, 6.07) is 0. The first-order chi connectivity index (χ1) is 6.44. The molecule has 1 heterocycles. The Balaban J connectivity index is 3.05. The Labute approximate surface area is 78.7 Å². The van der Waals surface area contributed by atoms with Gasteiger partial charge < -0.3 is 10.5 Å². The second-order valence-corrected chi connectivity index (χ2v) is 2.70. The van der Waals surface area contributed by atoms with Gasteiger partial charge >= 0.3 is 6.36 Å². The summed E-state index contributed by atoms with van der Waals surface area (Å²) >= 11 is 0. The van der Waals surface area contributed by atoms with Crippen molar-refractivity contribution in [3.63, 3.8) is 0 Å². The molecule has 0 aliphatic heterocycles. The van der Waals surface area contributed by atoms with Gasteiger partial charge in [0.15, 0.2) is 0 Å². The highest BCUT2D eigenvalue weighted by molar-refractivity contribution is 5.37. The third-order valence-corrected chi connectivity index (χ3v) is 1.59. The molecule has 78 valence electrons. The van der Waals surface area contributed by atoms with Crippen molar-refractivity contribution < 1.29 is 17.9 Å². The van der Waals surface area contributed by atoms with Crippen molar-refractivity contribution in [3.8, 4) is 5.75 Å². The van der Waals surface area contributed by atoms with E-state index in [4.69, 9.17) is 5.73 Å². The molecule has 0 spiro atoms. The maximum Gasteiger partial charge on any atom is 0.573 e. The van der Waals surface area contributed by atoms with Gasteiger partial charge in [0.1, 0.15) is 5.75 Å². The minimum absolute atomic E-state index is 0.0416. The van der Waals surface area contributed by atoms with Crippen LogP contribution in [0, 0.1) is 6.92 Å². The van der Waals surface area contributed by atoms with Gasteiger partial charge in [-0.15, -0.1) is 13.2 Å². The highest BCUT2D eigenvalue weighted by Crippen LogP contribution is 2.28. The van der Waals surface area contributed by atoms with Crippen LogP contribution in [0.2, 0.25) is 0 Å². The molecule has 0 unspecified atom stereocenters. The van der Waals surface area contributed by atoms with Gasteiger partial charge in [-0.3, -0.25) is 4.98 Å². The maximum absolute atomic E-state index is 12.0. The van der Waals surface area contributed by atoms with Gasteiger partial charge in [0.05, 0.1) is 0 Å². The monoisotopic (exact) mass is 206 g/mol. The lowest BCUT2D eigenvalue weighted by atomic mass is 10.2. The van der Waals surface area contributed by atoms with Crippen LogP contribution in [0.25, 0.3) is 0 Å². The van der Waals surface area contributed by atoms with Crippen molar-refractivity contribution >= 4 is 0 Å². The minimum atomic E-state index is -4.70. The van der Waals surface area contributed by atoms with Gasteiger partial charge in [0, 0.05) is 30.1 Å². The molecular formula is C8H9F3N2O. The molecule has 1 rings (SSSR count). The number of hydrogen-bond donors (Lipinski definition) is 1. The third kappa shape index (κ3) is 2.59. The van der Waals surface area contributed by atoms with E-state index in [0.717, 1.165) is 0 Å². The first kappa shape index (κ1) is 10.8. The highest BCUT2D eigenvalue weighted by Gasteiger charge is 2.32. The van der Waals surface area contributed by atoms with E-state index in [1.807, 2.05) is 0 Å². The zero-order valence-corrected chi connectivity index (χ0v) is 7.43. The first-order valence-corrected chi connectivity index (χ1v) is 3.83. The fourth-order valence-corrected chi connectivity index (χ4v) is 1.02. The average molecular weight is 206 g/mol. The van der Waals surface area contributed by atoms with Gasteiger partial charge in [0.25, 0.3) is 0 Å². The van der Waals surface area contributed by atoms with Crippen LogP contribution in [0.5, 0.6) is 5.75 Å². The van der Waals surface area contributed by atoms with Crippen molar-refractivity contribution in [2.75, 3.05) is 0 Å². The molecule has 6 heteroatoms. The molecule has 0 aliphatic carbocycles. The largest absolute Gasteiger partial charge is 0.573 e. The summed E-state index contributed by atoms with van der Waals surface area (Å²) in [5.41, 5.74) is 5.80. The van der Waals surface area contributed by atoms with E-state index in [1.54, 1.807) is 0 Å². The SMILES string of the molecule is Cc1cncc(CN)c1OC(F)(F)F. The molecule has 0 atom stereocenters. The third-order valence-electron chi connectivity index (χ3n) is 1.59. The Hall–Kier alpha value is -1.30. The molecule has 3 nitrogen and oxygen atoms in total. The maximum atomic E-state index is 12.0. The number of aromatic nitrogens is 1. The number of pyridine rings is 1. The number of nitrogens with two attached hydrogens (primary N) is 1. The molecule has 1 aromatic heterocycles. The predicted molar refractivity (Wildman–Crippen MR) is 43.5 cm³/mol. The summed E-state index contributed by atoms with van der Waals surface area (Å²) in [7, 11) is 0. The predicted octanol–water partition coefficient (Wildman–Crippen LogP) is 1.75. The Morgan fingerprint density at radius 1 is 1.43 bits per heavy atom. The first-order valence-electron chi connectivity index (χ1n) is 3.83. The topological polar surface area (TPSA) is 48.1 Å². The quantitative estimate of drug-likeness (QED) is 0.801. The number of rotatable bonds is 2. The van der Waals surface area contributed by atoms with Crippen molar-refractivity contribution in [1.82, 2.24) is 4.98 Å². The Kier molecular flexibility index (Phi) is 2.95. The van der Waals surface area contributed by atoms with Crippen LogP contribution >= 0.6 is 0 Å². The molecule has 14 heavy (non-hydrogen) atoms. The Morgan fingerprint density at radius 2 is 2.07 bits per heavy atom. The fraction of sp³-hybridized carbons (Fsp3) is 0.375. The van der Waals surface area contributed by atoms with E-state index in [-0.39, 0.29) is 17.9 Å². The van der Waals surface area contributed by atoms with Gasteiger partial charge in [-0.2, -0.15) is 0 Å². The molecule has 0 saturated heterocycles. The van der Waals surface area contributed by atoms with Crippen molar-refractivity contribution in [3.05, 3.63) is 23.5 Å². The summed E-state index contributed by atoms with van der Waals surface area (Å²) in [6.07, 6.45) is -2.15. The van der Waals surface area contributed by atoms with Crippen molar-refractivity contribution in [1.29, 1.82) is 0 Å². The standard InChI is InChI=1S/C8H9F3N2O/c1-5-3-13-4-6(2-12)7(5)14-8(9,10)11/h3-4H,2,12H2,1H3. The van der Waals surface area contributed by atoms with Crippen LogP contribution in [0.1, 0.15) is 11.1 Å². The number of ether oxygens (including phenoxy) is 1. The normalized spacial score (nSPS) is 11.5. The fourth-order valence-electron chi connectivity index (χ4n) is 1.02. The van der Waals surface area contributed by atoms with E-state index in [1.165, 1.54) is 19.3 Å². The molecule has 0 radical (unpaired) electrons. The molecule has 2 N–H and O–H groups in total. The van der Waals surface area contributed by atoms with Crippen LogP contribution < -0.4 is 10.5 Å². The van der Waals surface area contributed by atoms with Crippen LogP contribution in [-0.4, -0.2) is 11.3 Å². The summed E-state index contributed by atoms with van der Waals surface area (Å²) in [5.74, 6) is -0.255. The highest BCUT2D eigenvalue weighted by atomic mass is 19.4. The Bertz CT molecular complexity index is 325. The van der Waals surface area contributed by atoms with Gasteiger partial charge in [-0.1, -0.05) is 0 Å². The second kappa shape index (κ2) is 3.83. The zero-order valence-electron chi connectivity index (χ0n) is 7.43. The smallest absolute Gasteiger partial charge is 0.405 e. The summed E-state index contributed by atoms with van der Waals surface area (Å²) in [4.78, 5) is 3.72. The molecule has 0 amide bonds. The lowest BCUT2D eigenvalue weighted by Gasteiger charge is -2.13. The van der Waals surface area contributed by atoms with E-state index >= 15 is 0 Å². The van der Waals surface area contributed by atoms with Crippen LogP contribution in [0.15, 0.2) is 12.4 Å². The number of aryl methyl sites for hydroxylation is 1. The molecular weight excluding hydrogens is 197 g/mol. The van der Waals surface area contributed by atoms with Crippen LogP contribution in [-0.2, 0) is 6.54 Å². The second-order valence-electron chi connectivity index (χ2n) is 2.70. The summed E-state index contributed by atoms with van der Waals surface area (Å²) in [5, 5.41) is 0. The van der Waals surface area contributed by atoms with Crippen molar-refractivity contribution in [2.45, 2.75) is 19.8 Å². The molecule has 0 aliphatic rings. The molecule has 0 fully saturated rings. The lowest BCUT2D eigenvalue weighted by Crippen LogP contribution is -2.19. The molecule has 0 aromatic carbocycles.